The van der Waals surface area contributed by atoms with Gasteiger partial charge in [-0.05, 0) is 95.9 Å². The minimum Gasteiger partial charge on any atom is -0.481 e. The van der Waals surface area contributed by atoms with Gasteiger partial charge in [0.25, 0.3) is 5.91 Å². The summed E-state index contributed by atoms with van der Waals surface area (Å²) < 4.78 is 38.4. The third kappa shape index (κ3) is 16.2. The summed E-state index contributed by atoms with van der Waals surface area (Å²) in [6.45, 7) is 12.2. The van der Waals surface area contributed by atoms with E-state index in [4.69, 9.17) is 0 Å². The van der Waals surface area contributed by atoms with Crippen LogP contribution >= 0.6 is 0 Å². The number of nitrogens with one attached hydrogen (secondary N) is 2. The van der Waals surface area contributed by atoms with E-state index in [0.29, 0.717) is 37.2 Å². The average molecular weight is 635 g/mol. The predicted molar refractivity (Wildman–Crippen MR) is 174 cm³/mol. The van der Waals surface area contributed by atoms with Crippen LogP contribution in [0.1, 0.15) is 120 Å². The van der Waals surface area contributed by atoms with E-state index in [1.165, 1.54) is 64.0 Å². The van der Waals surface area contributed by atoms with Gasteiger partial charge in [-0.15, -0.1) is 0 Å². The summed E-state index contributed by atoms with van der Waals surface area (Å²) in [4.78, 5) is 29.1. The molecule has 7 nitrogen and oxygen atoms in total. The highest BCUT2D eigenvalue weighted by molar-refractivity contribution is 6.02. The molecule has 3 rings (SSSR count). The molecule has 0 aliphatic carbocycles. The molecule has 1 aromatic carbocycles. The van der Waals surface area contributed by atoms with Gasteiger partial charge in [-0.25, -0.2) is 4.98 Å². The second-order valence-corrected chi connectivity index (χ2v) is 13.0. The summed E-state index contributed by atoms with van der Waals surface area (Å²) >= 11 is 0. The molecule has 0 radical (unpaired) electrons. The number of carbonyl (C=O) groups excluding carboxylic acids is 1. The lowest BCUT2D eigenvalue weighted by Crippen LogP contribution is -2.36. The highest BCUT2D eigenvalue weighted by Crippen LogP contribution is 2.27. The molecule has 0 bridgehead atoms. The van der Waals surface area contributed by atoms with Crippen molar-refractivity contribution in [2.75, 3.05) is 25.0 Å². The Labute approximate surface area is 267 Å². The van der Waals surface area contributed by atoms with Gasteiger partial charge in [-0.3, -0.25) is 14.5 Å². The van der Waals surface area contributed by atoms with E-state index in [1.807, 2.05) is 6.07 Å². The molecule has 1 aromatic heterocycles. The van der Waals surface area contributed by atoms with Gasteiger partial charge in [0.15, 0.2) is 0 Å². The number of unbranched alkanes of at least 4 members (excludes halogenated alkanes) is 7. The fourth-order valence-electron chi connectivity index (χ4n) is 5.20. The Bertz CT molecular complexity index is 1170. The second-order valence-electron chi connectivity index (χ2n) is 13.0. The molecule has 45 heavy (non-hydrogen) atoms. The number of anilines is 1. The number of aromatic nitrogens is 1. The van der Waals surface area contributed by atoms with E-state index < -0.39 is 23.7 Å². The van der Waals surface area contributed by atoms with Gasteiger partial charge >= 0.3 is 12.1 Å². The Morgan fingerprint density at radius 3 is 2.24 bits per heavy atom. The number of alkyl halides is 3. The number of carboxylic acids is 1. The van der Waals surface area contributed by atoms with Crippen LogP contribution < -0.4 is 10.6 Å². The fraction of sp³-hybridized carbons (Fsp3) is 0.629. The maximum Gasteiger partial charge on any atom is 0.433 e. The average Bonchev–Trinajstić information content (AvgIpc) is 3.22. The van der Waals surface area contributed by atoms with Gasteiger partial charge in [0.2, 0.25) is 0 Å². The van der Waals surface area contributed by atoms with Crippen molar-refractivity contribution in [3.8, 4) is 0 Å². The van der Waals surface area contributed by atoms with Crippen LogP contribution in [0.3, 0.4) is 0 Å². The molecular formula is C35H53F3N4O3. The third-order valence-corrected chi connectivity index (χ3v) is 7.72. The molecule has 3 N–H and O–H groups in total. The highest BCUT2D eigenvalue weighted by atomic mass is 19.4. The van der Waals surface area contributed by atoms with Crippen LogP contribution in [0.2, 0.25) is 0 Å². The van der Waals surface area contributed by atoms with E-state index >= 15 is 0 Å². The summed E-state index contributed by atoms with van der Waals surface area (Å²) in [5.41, 5.74) is 0.224. The summed E-state index contributed by atoms with van der Waals surface area (Å²) in [6.07, 6.45) is 8.69. The zero-order valence-electron chi connectivity index (χ0n) is 27.5. The van der Waals surface area contributed by atoms with Crippen LogP contribution in [0.4, 0.5) is 18.9 Å². The molecule has 2 aromatic rings. The van der Waals surface area contributed by atoms with Crippen molar-refractivity contribution < 1.29 is 27.9 Å². The maximum atomic E-state index is 12.8. The maximum absolute atomic E-state index is 12.8. The number of rotatable bonds is 14. The first-order valence-corrected chi connectivity index (χ1v) is 16.4. The fourth-order valence-corrected chi connectivity index (χ4v) is 5.20. The van der Waals surface area contributed by atoms with E-state index in [1.54, 1.807) is 18.2 Å². The molecular weight excluding hydrogens is 581 g/mol. The molecule has 0 unspecified atom stereocenters. The van der Waals surface area contributed by atoms with Crippen LogP contribution in [0.25, 0.3) is 0 Å². The monoisotopic (exact) mass is 634 g/mol. The van der Waals surface area contributed by atoms with Crippen molar-refractivity contribution in [3.05, 3.63) is 59.4 Å². The van der Waals surface area contributed by atoms with E-state index in [2.05, 4.69) is 48.2 Å². The number of halogens is 3. The van der Waals surface area contributed by atoms with Crippen molar-refractivity contribution in [1.29, 1.82) is 0 Å². The summed E-state index contributed by atoms with van der Waals surface area (Å²) in [5, 5.41) is 15.3. The Morgan fingerprint density at radius 1 is 0.933 bits per heavy atom. The lowest BCUT2D eigenvalue weighted by molar-refractivity contribution is -0.142. The standard InChI is InChI=1S/C21H22F3N3O3.C14H31N/c22-21(23,24)18-8-2-7-17(26-18)19(28)25-16-6-1-4-14(12-16)13-27-10-3-5-15(9-11-27)20(29)30;1-5-6-7-8-9-10-11-12-13-15-14(2,3)4/h1-2,4,6-8,12,15H,3,5,9-11,13H2,(H,25,28)(H,29,30);15H,5-13H2,1-4H3/t15-;/m0./s1. The number of hydrogen-bond acceptors (Lipinski definition) is 5. The summed E-state index contributed by atoms with van der Waals surface area (Å²) in [7, 11) is 0. The predicted octanol–water partition coefficient (Wildman–Crippen LogP) is 8.55. The molecule has 1 aliphatic rings. The molecule has 0 saturated carbocycles. The minimum atomic E-state index is -4.62. The molecule has 1 atom stereocenters. The van der Waals surface area contributed by atoms with Crippen LogP contribution in [-0.2, 0) is 17.5 Å². The molecule has 252 valence electrons. The SMILES string of the molecule is CCCCCCCCCCNC(C)(C)C.O=C(Nc1cccc(CN2CCC[C@H](C(=O)O)CC2)c1)c1cccc(C(F)(F)F)n1. The minimum absolute atomic E-state index is 0.293. The number of carboxylic acid groups (broad SMARTS) is 1. The quantitative estimate of drug-likeness (QED) is 0.180. The molecule has 1 saturated heterocycles. The molecule has 2 heterocycles. The Hall–Kier alpha value is -2.98. The normalized spacial score (nSPS) is 15.9. The smallest absolute Gasteiger partial charge is 0.433 e. The van der Waals surface area contributed by atoms with Gasteiger partial charge in [0, 0.05) is 17.8 Å². The number of hydrogen-bond donors (Lipinski definition) is 3. The number of aliphatic carboxylic acids is 1. The van der Waals surface area contributed by atoms with Crippen LogP contribution in [0.5, 0.6) is 0 Å². The molecule has 1 amide bonds. The number of pyridine rings is 1. The van der Waals surface area contributed by atoms with Gasteiger partial charge in [-0.2, -0.15) is 13.2 Å². The van der Waals surface area contributed by atoms with Crippen LogP contribution in [0.15, 0.2) is 42.5 Å². The Kier molecular flexibility index (Phi) is 16.6. The summed E-state index contributed by atoms with van der Waals surface area (Å²) in [6, 6.07) is 10.2. The molecule has 1 aliphatic heterocycles. The number of amides is 1. The van der Waals surface area contributed by atoms with Gasteiger partial charge < -0.3 is 15.7 Å². The van der Waals surface area contributed by atoms with Crippen molar-refractivity contribution in [1.82, 2.24) is 15.2 Å². The lowest BCUT2D eigenvalue weighted by Gasteiger charge is -2.20. The topological polar surface area (TPSA) is 94.6 Å². The third-order valence-electron chi connectivity index (χ3n) is 7.72. The number of benzene rings is 1. The number of likely N-dealkylation sites (tertiary alicyclic amines) is 1. The first kappa shape index (κ1) is 38.2. The van der Waals surface area contributed by atoms with Crippen molar-refractivity contribution in [3.63, 3.8) is 0 Å². The summed E-state index contributed by atoms with van der Waals surface area (Å²) in [5.74, 6) is -1.80. The zero-order valence-corrected chi connectivity index (χ0v) is 27.5. The van der Waals surface area contributed by atoms with Gasteiger partial charge in [-0.1, -0.05) is 70.1 Å². The van der Waals surface area contributed by atoms with E-state index in [9.17, 15) is 27.9 Å². The van der Waals surface area contributed by atoms with E-state index in [0.717, 1.165) is 30.7 Å². The first-order valence-electron chi connectivity index (χ1n) is 16.4. The Balaban J connectivity index is 0.000000399. The number of carbonyl (C=O) groups is 2. The lowest BCUT2D eigenvalue weighted by atomic mass is 10.0. The first-order chi connectivity index (χ1) is 21.3. The second kappa shape index (κ2) is 19.5. The van der Waals surface area contributed by atoms with Gasteiger partial charge in [0.05, 0.1) is 5.92 Å². The Morgan fingerprint density at radius 2 is 1.60 bits per heavy atom. The van der Waals surface area contributed by atoms with Crippen molar-refractivity contribution in [2.45, 2.75) is 117 Å². The van der Waals surface area contributed by atoms with Crippen LogP contribution in [0, 0.1) is 5.92 Å². The zero-order chi connectivity index (χ0) is 33.3. The van der Waals surface area contributed by atoms with Crippen molar-refractivity contribution >= 4 is 17.6 Å². The molecule has 1 fully saturated rings. The molecule has 0 spiro atoms. The van der Waals surface area contributed by atoms with E-state index in [-0.39, 0.29) is 11.6 Å². The largest absolute Gasteiger partial charge is 0.481 e. The number of nitrogens with zero attached hydrogens (tertiary/aromatic N) is 2. The van der Waals surface area contributed by atoms with Crippen molar-refractivity contribution in [2.24, 2.45) is 5.92 Å². The van der Waals surface area contributed by atoms with Crippen LogP contribution in [-0.4, -0.2) is 52.0 Å². The highest BCUT2D eigenvalue weighted by Gasteiger charge is 2.33. The van der Waals surface area contributed by atoms with Gasteiger partial charge in [0.1, 0.15) is 11.4 Å². The molecule has 10 heteroatoms.